The molecule has 26 heavy (non-hydrogen) atoms. The number of allylic oxidation sites excluding steroid dienone is 1. The van der Waals surface area contributed by atoms with Crippen LogP contribution in [-0.4, -0.2) is 34.5 Å². The smallest absolute Gasteiger partial charge is 0.262 e. The van der Waals surface area contributed by atoms with Gasteiger partial charge in [0.1, 0.15) is 0 Å². The molecule has 3 N–H and O–H groups in total. The Morgan fingerprint density at radius 1 is 1.31 bits per heavy atom. The number of nitrogens with zero attached hydrogens (tertiary/aromatic N) is 1. The van der Waals surface area contributed by atoms with Gasteiger partial charge in [-0.15, -0.1) is 6.58 Å². The molecule has 1 aromatic carbocycles. The molecule has 2 aromatic rings. The van der Waals surface area contributed by atoms with Crippen LogP contribution in [0.4, 0.5) is 0 Å². The highest BCUT2D eigenvalue weighted by Crippen LogP contribution is 2.11. The van der Waals surface area contributed by atoms with Gasteiger partial charge in [-0.2, -0.15) is 0 Å². The van der Waals surface area contributed by atoms with Crippen molar-refractivity contribution < 1.29 is 9.59 Å². The molecule has 7 nitrogen and oxygen atoms in total. The number of H-pyrrole nitrogens is 1. The van der Waals surface area contributed by atoms with Gasteiger partial charge >= 0.3 is 0 Å². The second-order valence-electron chi connectivity index (χ2n) is 6.10. The van der Waals surface area contributed by atoms with E-state index in [-0.39, 0.29) is 28.1 Å². The predicted molar refractivity (Wildman–Crippen MR) is 104 cm³/mol. The molecule has 0 radical (unpaired) electrons. The van der Waals surface area contributed by atoms with Gasteiger partial charge < -0.3 is 15.6 Å². The monoisotopic (exact) mass is 374 g/mol. The van der Waals surface area contributed by atoms with Gasteiger partial charge in [0.2, 0.25) is 5.91 Å². The molecule has 0 saturated heterocycles. The number of hydrogen-bond acceptors (Lipinski definition) is 4. The maximum atomic E-state index is 12.4. The lowest BCUT2D eigenvalue weighted by Crippen LogP contribution is -2.36. The number of hydrogen-bond donors (Lipinski definition) is 3. The zero-order valence-corrected chi connectivity index (χ0v) is 15.6. The lowest BCUT2D eigenvalue weighted by Gasteiger charge is -2.10. The van der Waals surface area contributed by atoms with E-state index in [1.54, 1.807) is 38.1 Å². The quantitative estimate of drug-likeness (QED) is 0.391. The second kappa shape index (κ2) is 8.57. The van der Waals surface area contributed by atoms with Crippen LogP contribution < -0.4 is 16.2 Å². The number of aromatic amines is 1. The van der Waals surface area contributed by atoms with Crippen LogP contribution in [0.1, 0.15) is 24.2 Å². The number of carbonyl (C=O) groups is 2. The number of aromatic nitrogens is 2. The third kappa shape index (κ3) is 4.45. The van der Waals surface area contributed by atoms with Gasteiger partial charge in [-0.1, -0.05) is 19.9 Å². The summed E-state index contributed by atoms with van der Waals surface area (Å²) in [6, 6.07) is 4.77. The number of amides is 2. The number of rotatable bonds is 7. The van der Waals surface area contributed by atoms with Crippen molar-refractivity contribution in [3.05, 3.63) is 51.5 Å². The molecule has 0 aliphatic carbocycles. The van der Waals surface area contributed by atoms with E-state index < -0.39 is 0 Å². The first kappa shape index (κ1) is 19.6. The van der Waals surface area contributed by atoms with Crippen molar-refractivity contribution in [2.75, 3.05) is 13.1 Å². The fraction of sp³-hybridized carbons (Fsp3) is 0.333. The molecule has 138 valence electrons. The van der Waals surface area contributed by atoms with Crippen LogP contribution in [0.5, 0.6) is 0 Å². The van der Waals surface area contributed by atoms with E-state index in [9.17, 15) is 14.4 Å². The van der Waals surface area contributed by atoms with Crippen LogP contribution in [0.3, 0.4) is 0 Å². The Bertz CT molecular complexity index is 959. The van der Waals surface area contributed by atoms with Gasteiger partial charge in [-0.25, -0.2) is 0 Å². The van der Waals surface area contributed by atoms with Crippen molar-refractivity contribution in [2.45, 2.75) is 20.4 Å². The lowest BCUT2D eigenvalue weighted by molar-refractivity contribution is -0.123. The molecule has 0 fully saturated rings. The Balaban J connectivity index is 2.13. The average Bonchev–Trinajstić information content (AvgIpc) is 2.61. The normalized spacial score (nSPS) is 10.7. The molecule has 0 aliphatic heterocycles. The van der Waals surface area contributed by atoms with Crippen molar-refractivity contribution in [3.63, 3.8) is 0 Å². The summed E-state index contributed by atoms with van der Waals surface area (Å²) in [7, 11) is 0. The van der Waals surface area contributed by atoms with Crippen LogP contribution in [0.2, 0.25) is 0 Å². The summed E-state index contributed by atoms with van der Waals surface area (Å²) in [5.41, 5.74) is 0.673. The number of benzene rings is 1. The summed E-state index contributed by atoms with van der Waals surface area (Å²) in [6.45, 7) is 8.19. The fourth-order valence-electron chi connectivity index (χ4n) is 2.36. The molecule has 0 atom stereocenters. The van der Waals surface area contributed by atoms with Gasteiger partial charge in [0.15, 0.2) is 4.77 Å². The third-order valence-electron chi connectivity index (χ3n) is 3.79. The average molecular weight is 374 g/mol. The number of nitrogens with one attached hydrogen (secondary N) is 3. The largest absolute Gasteiger partial charge is 0.354 e. The lowest BCUT2D eigenvalue weighted by atomic mass is 10.1. The maximum Gasteiger partial charge on any atom is 0.262 e. The summed E-state index contributed by atoms with van der Waals surface area (Å²) >= 11 is 5.19. The Labute approximate surface area is 156 Å². The van der Waals surface area contributed by atoms with E-state index in [2.05, 4.69) is 22.2 Å². The summed E-state index contributed by atoms with van der Waals surface area (Å²) in [5, 5.41) is 5.90. The van der Waals surface area contributed by atoms with Crippen LogP contribution >= 0.6 is 12.2 Å². The van der Waals surface area contributed by atoms with E-state index in [4.69, 9.17) is 12.2 Å². The van der Waals surface area contributed by atoms with Crippen molar-refractivity contribution in [1.29, 1.82) is 0 Å². The zero-order valence-electron chi connectivity index (χ0n) is 14.8. The van der Waals surface area contributed by atoms with Crippen molar-refractivity contribution in [1.82, 2.24) is 20.2 Å². The highest BCUT2D eigenvalue weighted by molar-refractivity contribution is 7.71. The molecule has 0 aliphatic rings. The molecule has 2 rings (SSSR count). The molecule has 1 aromatic heterocycles. The van der Waals surface area contributed by atoms with Crippen LogP contribution in [0.15, 0.2) is 35.6 Å². The topological polar surface area (TPSA) is 96.0 Å². The maximum absolute atomic E-state index is 12.4. The first-order chi connectivity index (χ1) is 12.3. The number of fused-ring (bicyclic) bond motifs is 1. The Hall–Kier alpha value is -2.74. The highest BCUT2D eigenvalue weighted by Gasteiger charge is 2.10. The van der Waals surface area contributed by atoms with Gasteiger partial charge in [0.05, 0.1) is 10.9 Å². The van der Waals surface area contributed by atoms with Crippen molar-refractivity contribution in [3.8, 4) is 0 Å². The second-order valence-corrected chi connectivity index (χ2v) is 6.48. The molecule has 0 unspecified atom stereocenters. The highest BCUT2D eigenvalue weighted by atomic mass is 32.1. The van der Waals surface area contributed by atoms with Gasteiger partial charge in [-0.05, 0) is 30.4 Å². The summed E-state index contributed by atoms with van der Waals surface area (Å²) in [5.74, 6) is -0.451. The predicted octanol–water partition coefficient (Wildman–Crippen LogP) is 1.75. The van der Waals surface area contributed by atoms with Gasteiger partial charge in [0, 0.05) is 31.1 Å². The minimum Gasteiger partial charge on any atom is -0.354 e. The van der Waals surface area contributed by atoms with Crippen LogP contribution in [0.25, 0.3) is 10.9 Å². The molecule has 8 heteroatoms. The van der Waals surface area contributed by atoms with E-state index in [0.717, 1.165) is 0 Å². The SMILES string of the molecule is C=CCn1c(=S)[nH]c2cc(C(=O)NCCNC(=O)C(C)C)ccc2c1=O. The molecular weight excluding hydrogens is 352 g/mol. The Morgan fingerprint density at radius 3 is 2.65 bits per heavy atom. The molecule has 2 amide bonds. The standard InChI is InChI=1S/C18H22N4O3S/c1-4-9-22-17(25)13-6-5-12(10-14(13)21-18(22)26)16(24)20-8-7-19-15(23)11(2)3/h4-6,10-11H,1,7-9H2,2-3H3,(H,19,23)(H,20,24)(H,21,26). The number of carbonyl (C=O) groups excluding carboxylic acids is 2. The molecule has 1 heterocycles. The van der Waals surface area contributed by atoms with E-state index in [1.807, 2.05) is 0 Å². The summed E-state index contributed by atoms with van der Waals surface area (Å²) in [4.78, 5) is 39.1. The molecular formula is C18H22N4O3S. The van der Waals surface area contributed by atoms with Gasteiger partial charge in [0.25, 0.3) is 11.5 Å². The van der Waals surface area contributed by atoms with E-state index in [1.165, 1.54) is 4.57 Å². The zero-order chi connectivity index (χ0) is 19.3. The molecule has 0 spiro atoms. The fourth-order valence-corrected chi connectivity index (χ4v) is 2.63. The summed E-state index contributed by atoms with van der Waals surface area (Å²) < 4.78 is 1.68. The minimum absolute atomic E-state index is 0.0617. The Morgan fingerprint density at radius 2 is 2.00 bits per heavy atom. The Kier molecular flexibility index (Phi) is 6.46. The van der Waals surface area contributed by atoms with Crippen molar-refractivity contribution in [2.24, 2.45) is 5.92 Å². The first-order valence-electron chi connectivity index (χ1n) is 8.28. The van der Waals surface area contributed by atoms with E-state index >= 15 is 0 Å². The molecule has 0 bridgehead atoms. The van der Waals surface area contributed by atoms with Gasteiger partial charge in [-0.3, -0.25) is 19.0 Å². The third-order valence-corrected chi connectivity index (χ3v) is 4.11. The molecule has 0 saturated carbocycles. The first-order valence-corrected chi connectivity index (χ1v) is 8.69. The van der Waals surface area contributed by atoms with Crippen LogP contribution in [-0.2, 0) is 11.3 Å². The summed E-state index contributed by atoms with van der Waals surface area (Å²) in [6.07, 6.45) is 1.59. The van der Waals surface area contributed by atoms with E-state index in [0.29, 0.717) is 36.1 Å². The van der Waals surface area contributed by atoms with Crippen molar-refractivity contribution >= 4 is 34.9 Å². The van der Waals surface area contributed by atoms with Crippen LogP contribution in [0, 0.1) is 10.7 Å². The minimum atomic E-state index is -0.291.